The van der Waals surface area contributed by atoms with E-state index >= 15 is 0 Å². The summed E-state index contributed by atoms with van der Waals surface area (Å²) in [5.41, 5.74) is 0.612. The van der Waals surface area contributed by atoms with E-state index in [0.29, 0.717) is 18.5 Å². The first-order valence-corrected chi connectivity index (χ1v) is 7.22. The number of carbonyl (C=O) groups is 1. The van der Waals surface area contributed by atoms with Crippen LogP contribution >= 0.6 is 31.9 Å². The Labute approximate surface area is 127 Å². The molecule has 19 heavy (non-hydrogen) atoms. The van der Waals surface area contributed by atoms with Crippen LogP contribution in [-0.4, -0.2) is 27.2 Å². The van der Waals surface area contributed by atoms with Crippen LogP contribution in [0.3, 0.4) is 0 Å². The fraction of sp³-hybridized carbons (Fsp3) is 0.250. The quantitative estimate of drug-likeness (QED) is 0.875. The van der Waals surface area contributed by atoms with Crippen molar-refractivity contribution in [2.45, 2.75) is 6.42 Å². The first kappa shape index (κ1) is 14.2. The second-order valence-electron chi connectivity index (χ2n) is 3.99. The lowest BCUT2D eigenvalue weighted by atomic mass is 10.2. The Kier molecular flexibility index (Phi) is 4.71. The van der Waals surface area contributed by atoms with E-state index in [0.717, 1.165) is 14.8 Å². The van der Waals surface area contributed by atoms with Gasteiger partial charge < -0.3 is 9.88 Å². The predicted octanol–water partition coefficient (Wildman–Crippen LogP) is 2.31. The maximum atomic E-state index is 12.0. The van der Waals surface area contributed by atoms with Gasteiger partial charge in [-0.2, -0.15) is 0 Å². The average Bonchev–Trinajstić information content (AvgIpc) is 2.75. The number of amides is 1. The molecule has 0 saturated carbocycles. The van der Waals surface area contributed by atoms with Crippen molar-refractivity contribution in [3.05, 3.63) is 44.9 Å². The Morgan fingerprint density at radius 3 is 2.84 bits per heavy atom. The molecule has 0 atom stereocenters. The number of aromatic nitrogens is 3. The Balaban J connectivity index is 1.93. The topological polar surface area (TPSA) is 59.8 Å². The number of benzene rings is 1. The van der Waals surface area contributed by atoms with E-state index in [1.54, 1.807) is 12.4 Å². The van der Waals surface area contributed by atoms with Crippen LogP contribution in [0.25, 0.3) is 0 Å². The maximum Gasteiger partial charge on any atom is 0.252 e. The van der Waals surface area contributed by atoms with Crippen molar-refractivity contribution in [1.29, 1.82) is 0 Å². The second kappa shape index (κ2) is 6.29. The van der Waals surface area contributed by atoms with Gasteiger partial charge in [-0.05, 0) is 34.1 Å². The van der Waals surface area contributed by atoms with Crippen molar-refractivity contribution in [1.82, 2.24) is 20.1 Å². The monoisotopic (exact) mass is 386 g/mol. The highest BCUT2D eigenvalue weighted by molar-refractivity contribution is 9.11. The molecular formula is C12H12Br2N4O. The summed E-state index contributed by atoms with van der Waals surface area (Å²) in [5, 5.41) is 10.6. The summed E-state index contributed by atoms with van der Waals surface area (Å²) in [6, 6.07) is 5.45. The molecule has 1 aromatic heterocycles. The van der Waals surface area contributed by atoms with Gasteiger partial charge in [0.25, 0.3) is 5.91 Å². The zero-order chi connectivity index (χ0) is 13.8. The lowest BCUT2D eigenvalue weighted by Crippen LogP contribution is -2.26. The van der Waals surface area contributed by atoms with E-state index in [2.05, 4.69) is 47.4 Å². The van der Waals surface area contributed by atoms with Crippen molar-refractivity contribution < 1.29 is 4.79 Å². The van der Waals surface area contributed by atoms with Gasteiger partial charge in [0.1, 0.15) is 12.2 Å². The molecule has 1 aromatic carbocycles. The van der Waals surface area contributed by atoms with Gasteiger partial charge in [-0.15, -0.1) is 10.2 Å². The zero-order valence-electron chi connectivity index (χ0n) is 10.2. The summed E-state index contributed by atoms with van der Waals surface area (Å²) in [6.07, 6.45) is 2.29. The Bertz CT molecular complexity index is 597. The van der Waals surface area contributed by atoms with Crippen LogP contribution in [0, 0.1) is 0 Å². The van der Waals surface area contributed by atoms with Gasteiger partial charge in [0, 0.05) is 29.0 Å². The van der Waals surface area contributed by atoms with Gasteiger partial charge in [0.15, 0.2) is 0 Å². The van der Waals surface area contributed by atoms with Gasteiger partial charge in [-0.25, -0.2) is 0 Å². The largest absolute Gasteiger partial charge is 0.352 e. The second-order valence-corrected chi connectivity index (χ2v) is 5.76. The third kappa shape index (κ3) is 3.63. The maximum absolute atomic E-state index is 12.0. The van der Waals surface area contributed by atoms with Crippen LogP contribution in [0.2, 0.25) is 0 Å². The van der Waals surface area contributed by atoms with E-state index in [1.165, 1.54) is 0 Å². The van der Waals surface area contributed by atoms with Crippen LogP contribution in [0.1, 0.15) is 16.2 Å². The molecule has 100 valence electrons. The number of nitrogens with zero attached hydrogens (tertiary/aromatic N) is 3. The van der Waals surface area contributed by atoms with Gasteiger partial charge >= 0.3 is 0 Å². The molecule has 7 heteroatoms. The smallest absolute Gasteiger partial charge is 0.252 e. The Morgan fingerprint density at radius 2 is 2.21 bits per heavy atom. The van der Waals surface area contributed by atoms with Crippen LogP contribution in [0.15, 0.2) is 33.5 Å². The highest BCUT2D eigenvalue weighted by atomic mass is 79.9. The van der Waals surface area contributed by atoms with E-state index in [-0.39, 0.29) is 5.91 Å². The molecule has 0 aliphatic rings. The van der Waals surface area contributed by atoms with E-state index in [4.69, 9.17) is 0 Å². The normalized spacial score (nSPS) is 10.5. The van der Waals surface area contributed by atoms with Crippen LogP contribution in [0.5, 0.6) is 0 Å². The summed E-state index contributed by atoms with van der Waals surface area (Å²) in [7, 11) is 1.88. The molecule has 1 amide bonds. The first-order valence-electron chi connectivity index (χ1n) is 5.64. The van der Waals surface area contributed by atoms with Crippen molar-refractivity contribution in [3.63, 3.8) is 0 Å². The number of rotatable bonds is 4. The number of hydrogen-bond acceptors (Lipinski definition) is 3. The SMILES string of the molecule is Cn1cnnc1CCNC(=O)c1ccc(Br)cc1Br. The van der Waals surface area contributed by atoms with Crippen LogP contribution < -0.4 is 5.32 Å². The van der Waals surface area contributed by atoms with Gasteiger partial charge in [-0.1, -0.05) is 15.9 Å². The molecule has 0 fully saturated rings. The molecule has 2 rings (SSSR count). The molecule has 0 aliphatic heterocycles. The van der Waals surface area contributed by atoms with Gasteiger partial charge in [0.05, 0.1) is 5.56 Å². The third-order valence-corrected chi connectivity index (χ3v) is 3.76. The number of hydrogen-bond donors (Lipinski definition) is 1. The van der Waals surface area contributed by atoms with Crippen molar-refractivity contribution in [2.24, 2.45) is 7.05 Å². The molecule has 0 radical (unpaired) electrons. The lowest BCUT2D eigenvalue weighted by Gasteiger charge is -2.07. The fourth-order valence-corrected chi connectivity index (χ4v) is 2.82. The first-order chi connectivity index (χ1) is 9.08. The Morgan fingerprint density at radius 1 is 1.42 bits per heavy atom. The molecule has 1 N–H and O–H groups in total. The van der Waals surface area contributed by atoms with Crippen LogP contribution in [0.4, 0.5) is 0 Å². The minimum Gasteiger partial charge on any atom is -0.352 e. The third-order valence-electron chi connectivity index (χ3n) is 2.62. The highest BCUT2D eigenvalue weighted by Gasteiger charge is 2.10. The average molecular weight is 388 g/mol. The molecule has 0 unspecified atom stereocenters. The van der Waals surface area contributed by atoms with Gasteiger partial charge in [0.2, 0.25) is 0 Å². The van der Waals surface area contributed by atoms with E-state index < -0.39 is 0 Å². The fourth-order valence-electron chi connectivity index (χ4n) is 1.59. The summed E-state index contributed by atoms with van der Waals surface area (Å²) in [5.74, 6) is 0.733. The van der Waals surface area contributed by atoms with Crippen LogP contribution in [-0.2, 0) is 13.5 Å². The van der Waals surface area contributed by atoms with Crippen molar-refractivity contribution >= 4 is 37.8 Å². The highest BCUT2D eigenvalue weighted by Crippen LogP contribution is 2.21. The standard InChI is InChI=1S/C12H12Br2N4O/c1-18-7-16-17-11(18)4-5-15-12(19)9-3-2-8(13)6-10(9)14/h2-3,6-7H,4-5H2,1H3,(H,15,19). The summed E-state index contributed by atoms with van der Waals surface area (Å²) in [4.78, 5) is 12.0. The molecule has 2 aromatic rings. The zero-order valence-corrected chi connectivity index (χ0v) is 13.4. The summed E-state index contributed by atoms with van der Waals surface area (Å²) < 4.78 is 3.52. The molecule has 0 bridgehead atoms. The summed E-state index contributed by atoms with van der Waals surface area (Å²) >= 11 is 6.73. The molecule has 0 saturated heterocycles. The number of aryl methyl sites for hydroxylation is 1. The number of nitrogens with one attached hydrogen (secondary N) is 1. The molecule has 0 spiro atoms. The number of carbonyl (C=O) groups excluding carboxylic acids is 1. The molecule has 1 heterocycles. The predicted molar refractivity (Wildman–Crippen MR) is 78.9 cm³/mol. The summed E-state index contributed by atoms with van der Waals surface area (Å²) in [6.45, 7) is 0.522. The molecular weight excluding hydrogens is 376 g/mol. The van der Waals surface area contributed by atoms with Crippen molar-refractivity contribution in [3.8, 4) is 0 Å². The molecule has 0 aliphatic carbocycles. The lowest BCUT2D eigenvalue weighted by molar-refractivity contribution is 0.0953. The number of halogens is 2. The Hall–Kier alpha value is -1.21. The van der Waals surface area contributed by atoms with E-state index in [9.17, 15) is 4.79 Å². The van der Waals surface area contributed by atoms with E-state index in [1.807, 2.05) is 23.7 Å². The molecule has 5 nitrogen and oxygen atoms in total. The minimum absolute atomic E-state index is 0.110. The van der Waals surface area contributed by atoms with Crippen molar-refractivity contribution in [2.75, 3.05) is 6.54 Å². The van der Waals surface area contributed by atoms with Gasteiger partial charge in [-0.3, -0.25) is 4.79 Å². The minimum atomic E-state index is -0.110.